The molecule has 0 bridgehead atoms. The van der Waals surface area contributed by atoms with E-state index in [1.54, 1.807) is 0 Å². The van der Waals surface area contributed by atoms with Gasteiger partial charge in [0.2, 0.25) is 5.95 Å². The number of hydrogen-bond donors (Lipinski definition) is 1. The normalized spacial score (nSPS) is 19.6. The Morgan fingerprint density at radius 3 is 2.55 bits per heavy atom. The number of likely N-dealkylation sites (tertiary alicyclic amines) is 1. The largest absolute Gasteiger partial charge is 0.356 e. The van der Waals surface area contributed by atoms with Crippen molar-refractivity contribution in [3.8, 4) is 5.69 Å². The molecule has 0 saturated carbocycles. The van der Waals surface area contributed by atoms with Crippen molar-refractivity contribution in [1.82, 2.24) is 24.6 Å². The number of para-hydroxylation sites is 1. The van der Waals surface area contributed by atoms with Gasteiger partial charge in [0.1, 0.15) is 5.82 Å². The molecule has 0 spiro atoms. The Morgan fingerprint density at radius 1 is 0.970 bits per heavy atom. The summed E-state index contributed by atoms with van der Waals surface area (Å²) in [7, 11) is 0. The van der Waals surface area contributed by atoms with Crippen LogP contribution in [-0.4, -0.2) is 56.9 Å². The van der Waals surface area contributed by atoms with Gasteiger partial charge in [-0.25, -0.2) is 9.67 Å². The highest BCUT2D eigenvalue weighted by Crippen LogP contribution is 2.23. The lowest BCUT2D eigenvalue weighted by Crippen LogP contribution is -2.28. The van der Waals surface area contributed by atoms with Crippen LogP contribution in [0.1, 0.15) is 49.1 Å². The molecule has 0 amide bonds. The third-order valence-electron chi connectivity index (χ3n) is 7.00. The number of anilines is 2. The lowest BCUT2D eigenvalue weighted by atomic mass is 10.2. The van der Waals surface area contributed by atoms with Gasteiger partial charge in [-0.1, -0.05) is 31.0 Å². The van der Waals surface area contributed by atoms with Gasteiger partial charge in [0, 0.05) is 56.2 Å². The maximum atomic E-state index is 4.85. The number of aryl methyl sites for hydroxylation is 1. The molecule has 5 rings (SSSR count). The highest BCUT2D eigenvalue weighted by Gasteiger charge is 2.25. The van der Waals surface area contributed by atoms with Crippen LogP contribution in [0.2, 0.25) is 0 Å². The smallest absolute Gasteiger partial charge is 0.224 e. The minimum absolute atomic E-state index is 0.370. The summed E-state index contributed by atoms with van der Waals surface area (Å²) in [5.41, 5.74) is 4.79. The van der Waals surface area contributed by atoms with Gasteiger partial charge < -0.3 is 10.2 Å². The SMILES string of the molecule is Cc1nn(-c2ccccc2)c(C)c1CN1CCC(Nc2nccc(N3CCCCCC3)n2)C1. The highest BCUT2D eigenvalue weighted by molar-refractivity contribution is 5.43. The fraction of sp³-hybridized carbons (Fsp3) is 0.500. The van der Waals surface area contributed by atoms with Crippen molar-refractivity contribution in [2.75, 3.05) is 36.4 Å². The summed E-state index contributed by atoms with van der Waals surface area (Å²) >= 11 is 0. The van der Waals surface area contributed by atoms with E-state index >= 15 is 0 Å². The van der Waals surface area contributed by atoms with Gasteiger partial charge in [-0.2, -0.15) is 10.1 Å². The zero-order valence-corrected chi connectivity index (χ0v) is 19.9. The molecule has 0 radical (unpaired) electrons. The number of nitrogens with zero attached hydrogens (tertiary/aromatic N) is 6. The van der Waals surface area contributed by atoms with E-state index in [4.69, 9.17) is 10.1 Å². The van der Waals surface area contributed by atoms with Crippen LogP contribution < -0.4 is 10.2 Å². The molecule has 0 aliphatic carbocycles. The lowest BCUT2D eigenvalue weighted by Gasteiger charge is -2.22. The van der Waals surface area contributed by atoms with Gasteiger partial charge in [0.15, 0.2) is 0 Å². The van der Waals surface area contributed by atoms with Crippen LogP contribution in [0.3, 0.4) is 0 Å². The standard InChI is InChI=1S/C26H35N7/c1-20-24(21(2)33(30-20)23-10-6-5-7-11-23)19-31-17-13-22(18-31)28-26-27-14-12-25(29-26)32-15-8-3-4-9-16-32/h5-7,10-12,14,22H,3-4,8-9,13,15-19H2,1-2H3,(H,27,28,29). The molecule has 174 valence electrons. The summed E-state index contributed by atoms with van der Waals surface area (Å²) in [6.07, 6.45) is 8.16. The number of rotatable bonds is 6. The first-order valence-corrected chi connectivity index (χ1v) is 12.3. The Bertz CT molecular complexity index is 1050. The minimum Gasteiger partial charge on any atom is -0.356 e. The molecule has 1 atom stereocenters. The van der Waals surface area contributed by atoms with Crippen molar-refractivity contribution in [1.29, 1.82) is 0 Å². The van der Waals surface area contributed by atoms with Crippen LogP contribution in [0.25, 0.3) is 5.69 Å². The summed E-state index contributed by atoms with van der Waals surface area (Å²) in [4.78, 5) is 14.3. The van der Waals surface area contributed by atoms with Crippen LogP contribution in [0, 0.1) is 13.8 Å². The Morgan fingerprint density at radius 2 is 1.76 bits per heavy atom. The van der Waals surface area contributed by atoms with E-state index in [1.165, 1.54) is 36.9 Å². The summed E-state index contributed by atoms with van der Waals surface area (Å²) in [6.45, 7) is 9.49. The van der Waals surface area contributed by atoms with Crippen molar-refractivity contribution in [3.05, 3.63) is 59.5 Å². The quantitative estimate of drug-likeness (QED) is 0.609. The third-order valence-corrected chi connectivity index (χ3v) is 7.00. The molecule has 2 fully saturated rings. The molecule has 2 aliphatic heterocycles. The summed E-state index contributed by atoms with van der Waals surface area (Å²) in [5, 5.41) is 8.42. The second-order valence-corrected chi connectivity index (χ2v) is 9.40. The molecule has 1 N–H and O–H groups in total. The van der Waals surface area contributed by atoms with E-state index in [1.807, 2.05) is 18.3 Å². The molecule has 4 heterocycles. The van der Waals surface area contributed by atoms with Crippen molar-refractivity contribution in [2.45, 2.75) is 58.5 Å². The summed E-state index contributed by atoms with van der Waals surface area (Å²) in [5.74, 6) is 1.82. The van der Waals surface area contributed by atoms with Crippen LogP contribution in [-0.2, 0) is 6.54 Å². The van der Waals surface area contributed by atoms with E-state index in [2.05, 4.69) is 62.9 Å². The molecule has 7 nitrogen and oxygen atoms in total. The lowest BCUT2D eigenvalue weighted by molar-refractivity contribution is 0.327. The van der Waals surface area contributed by atoms with Crippen molar-refractivity contribution in [3.63, 3.8) is 0 Å². The van der Waals surface area contributed by atoms with Crippen LogP contribution in [0.15, 0.2) is 42.6 Å². The topological polar surface area (TPSA) is 62.1 Å². The molecule has 1 aromatic carbocycles. The van der Waals surface area contributed by atoms with Gasteiger partial charge in [-0.15, -0.1) is 0 Å². The van der Waals surface area contributed by atoms with Crippen molar-refractivity contribution in [2.24, 2.45) is 0 Å². The van der Waals surface area contributed by atoms with Crippen LogP contribution in [0.5, 0.6) is 0 Å². The fourth-order valence-corrected chi connectivity index (χ4v) is 5.12. The minimum atomic E-state index is 0.370. The van der Waals surface area contributed by atoms with E-state index in [0.717, 1.165) is 62.3 Å². The van der Waals surface area contributed by atoms with Gasteiger partial charge in [0.25, 0.3) is 0 Å². The molecule has 2 aliphatic rings. The van der Waals surface area contributed by atoms with E-state index in [-0.39, 0.29) is 0 Å². The van der Waals surface area contributed by atoms with E-state index in [0.29, 0.717) is 6.04 Å². The number of aromatic nitrogens is 4. The van der Waals surface area contributed by atoms with Crippen LogP contribution in [0.4, 0.5) is 11.8 Å². The zero-order chi connectivity index (χ0) is 22.6. The second-order valence-electron chi connectivity index (χ2n) is 9.40. The van der Waals surface area contributed by atoms with Crippen molar-refractivity contribution < 1.29 is 0 Å². The first-order chi connectivity index (χ1) is 16.2. The maximum absolute atomic E-state index is 4.85. The van der Waals surface area contributed by atoms with E-state index in [9.17, 15) is 0 Å². The van der Waals surface area contributed by atoms with Crippen LogP contribution >= 0.6 is 0 Å². The molecule has 7 heteroatoms. The number of benzene rings is 1. The van der Waals surface area contributed by atoms with Gasteiger partial charge in [-0.3, -0.25) is 4.90 Å². The van der Waals surface area contributed by atoms with E-state index < -0.39 is 0 Å². The predicted octanol–water partition coefficient (Wildman–Crippen LogP) is 4.35. The number of nitrogens with one attached hydrogen (secondary N) is 1. The Hall–Kier alpha value is -2.93. The molecule has 2 saturated heterocycles. The highest BCUT2D eigenvalue weighted by atomic mass is 15.3. The summed E-state index contributed by atoms with van der Waals surface area (Å²) < 4.78 is 2.07. The van der Waals surface area contributed by atoms with Gasteiger partial charge in [0.05, 0.1) is 11.4 Å². The molecular formula is C26H35N7. The average molecular weight is 446 g/mol. The fourth-order valence-electron chi connectivity index (χ4n) is 5.12. The molecular weight excluding hydrogens is 410 g/mol. The average Bonchev–Trinajstić information content (AvgIpc) is 3.26. The van der Waals surface area contributed by atoms with Crippen molar-refractivity contribution >= 4 is 11.8 Å². The molecule has 33 heavy (non-hydrogen) atoms. The first kappa shape index (κ1) is 21.9. The number of hydrogen-bond acceptors (Lipinski definition) is 6. The molecule has 3 aromatic rings. The third kappa shape index (κ3) is 5.03. The Labute approximate surface area is 196 Å². The van der Waals surface area contributed by atoms with Gasteiger partial charge >= 0.3 is 0 Å². The molecule has 1 unspecified atom stereocenters. The Balaban J connectivity index is 1.21. The monoisotopic (exact) mass is 445 g/mol. The maximum Gasteiger partial charge on any atom is 0.224 e. The predicted molar refractivity (Wildman–Crippen MR) is 133 cm³/mol. The zero-order valence-electron chi connectivity index (χ0n) is 19.9. The molecule has 2 aromatic heterocycles. The Kier molecular flexibility index (Phi) is 6.58. The van der Waals surface area contributed by atoms with Gasteiger partial charge in [-0.05, 0) is 51.3 Å². The first-order valence-electron chi connectivity index (χ1n) is 12.3. The summed E-state index contributed by atoms with van der Waals surface area (Å²) in [6, 6.07) is 12.8. The second kappa shape index (κ2) is 9.91.